The lowest BCUT2D eigenvalue weighted by Gasteiger charge is -2.29. The lowest BCUT2D eigenvalue weighted by molar-refractivity contribution is -0.0217. The lowest BCUT2D eigenvalue weighted by atomic mass is 9.81. The van der Waals surface area contributed by atoms with Gasteiger partial charge in [0.25, 0.3) is 0 Å². The molecule has 1 aromatic rings. The van der Waals surface area contributed by atoms with Gasteiger partial charge in [0.2, 0.25) is 0 Å². The van der Waals surface area contributed by atoms with Gasteiger partial charge in [0.15, 0.2) is 0 Å². The summed E-state index contributed by atoms with van der Waals surface area (Å²) >= 11 is 0. The van der Waals surface area contributed by atoms with Gasteiger partial charge in [-0.2, -0.15) is 0 Å². The van der Waals surface area contributed by atoms with Crippen LogP contribution in [0.5, 0.6) is 0 Å². The molecule has 74 valence electrons. The van der Waals surface area contributed by atoms with Crippen molar-refractivity contribution < 1.29 is 14.6 Å². The Balaban J connectivity index is 2.82. The molecule has 0 bridgehead atoms. The molecule has 1 aromatic heterocycles. The van der Waals surface area contributed by atoms with E-state index in [1.165, 1.54) is 6.26 Å². The van der Waals surface area contributed by atoms with Crippen molar-refractivity contribution >= 4 is 0 Å². The number of furan rings is 1. The molecule has 2 N–H and O–H groups in total. The summed E-state index contributed by atoms with van der Waals surface area (Å²) in [4.78, 5) is 0. The van der Waals surface area contributed by atoms with Crippen molar-refractivity contribution in [3.05, 3.63) is 24.2 Å². The zero-order valence-electron chi connectivity index (χ0n) is 8.03. The molecule has 0 fully saturated rings. The molecule has 0 saturated carbocycles. The molecule has 0 amide bonds. The highest BCUT2D eigenvalue weighted by molar-refractivity contribution is 5.05. The average molecular weight is 184 g/mol. The van der Waals surface area contributed by atoms with E-state index in [0.29, 0.717) is 12.2 Å². The van der Waals surface area contributed by atoms with Crippen LogP contribution >= 0.6 is 0 Å². The molecule has 0 spiro atoms. The van der Waals surface area contributed by atoms with Crippen molar-refractivity contribution in [2.75, 3.05) is 6.61 Å². The van der Waals surface area contributed by atoms with Gasteiger partial charge in [-0.15, -0.1) is 0 Å². The van der Waals surface area contributed by atoms with Gasteiger partial charge in [0.05, 0.1) is 12.9 Å². The van der Waals surface area contributed by atoms with Gasteiger partial charge in [0.1, 0.15) is 11.9 Å². The molecule has 2 atom stereocenters. The second-order valence-corrected chi connectivity index (χ2v) is 3.58. The minimum atomic E-state index is -0.738. The Morgan fingerprint density at radius 2 is 2.31 bits per heavy atom. The summed E-state index contributed by atoms with van der Waals surface area (Å²) in [7, 11) is 0. The van der Waals surface area contributed by atoms with E-state index in [2.05, 4.69) is 0 Å². The first-order chi connectivity index (χ1) is 6.14. The van der Waals surface area contributed by atoms with Gasteiger partial charge < -0.3 is 14.6 Å². The van der Waals surface area contributed by atoms with Crippen LogP contribution in [0.4, 0.5) is 0 Å². The zero-order valence-corrected chi connectivity index (χ0v) is 8.03. The van der Waals surface area contributed by atoms with E-state index in [0.717, 1.165) is 0 Å². The molecular formula is C10H16O3. The van der Waals surface area contributed by atoms with Crippen molar-refractivity contribution in [2.45, 2.75) is 26.4 Å². The smallest absolute Gasteiger partial charge is 0.132 e. The summed E-state index contributed by atoms with van der Waals surface area (Å²) in [6, 6.07) is 3.44. The first-order valence-corrected chi connectivity index (χ1v) is 4.46. The predicted octanol–water partition coefficient (Wildman–Crippen LogP) is 1.72. The topological polar surface area (TPSA) is 53.6 Å². The Bertz CT molecular complexity index is 237. The Kier molecular flexibility index (Phi) is 3.12. The fourth-order valence-corrected chi connectivity index (χ4v) is 1.18. The van der Waals surface area contributed by atoms with Crippen LogP contribution in [-0.4, -0.2) is 16.8 Å². The number of hydrogen-bond donors (Lipinski definition) is 2. The fourth-order valence-electron chi connectivity index (χ4n) is 1.18. The Labute approximate surface area is 78.0 Å². The van der Waals surface area contributed by atoms with Crippen LogP contribution in [0.2, 0.25) is 0 Å². The van der Waals surface area contributed by atoms with E-state index in [-0.39, 0.29) is 6.61 Å². The molecule has 1 rings (SSSR count). The Morgan fingerprint density at radius 3 is 2.69 bits per heavy atom. The molecule has 2 unspecified atom stereocenters. The highest BCUT2D eigenvalue weighted by Gasteiger charge is 2.33. The maximum absolute atomic E-state index is 9.87. The van der Waals surface area contributed by atoms with Crippen LogP contribution in [-0.2, 0) is 0 Å². The van der Waals surface area contributed by atoms with E-state index in [1.54, 1.807) is 12.1 Å². The quantitative estimate of drug-likeness (QED) is 0.749. The standard InChI is InChI=1S/C10H16O3/c1-3-10(2,7-11)9(12)8-5-4-6-13-8/h4-6,9,11-12H,3,7H2,1-2H3. The first-order valence-electron chi connectivity index (χ1n) is 4.46. The lowest BCUT2D eigenvalue weighted by Crippen LogP contribution is -2.28. The minimum absolute atomic E-state index is 0.0502. The third-order valence-corrected chi connectivity index (χ3v) is 2.64. The molecule has 0 aliphatic carbocycles. The van der Waals surface area contributed by atoms with Crippen LogP contribution in [0.15, 0.2) is 22.8 Å². The van der Waals surface area contributed by atoms with Gasteiger partial charge in [0, 0.05) is 5.41 Å². The number of rotatable bonds is 4. The van der Waals surface area contributed by atoms with Gasteiger partial charge in [-0.25, -0.2) is 0 Å². The summed E-state index contributed by atoms with van der Waals surface area (Å²) in [5.74, 6) is 0.512. The molecule has 0 aromatic carbocycles. The largest absolute Gasteiger partial charge is 0.467 e. The summed E-state index contributed by atoms with van der Waals surface area (Å²) in [6.45, 7) is 3.72. The number of aliphatic hydroxyl groups excluding tert-OH is 2. The van der Waals surface area contributed by atoms with E-state index in [4.69, 9.17) is 9.52 Å². The fraction of sp³-hybridized carbons (Fsp3) is 0.600. The molecule has 0 aliphatic rings. The van der Waals surface area contributed by atoms with Crippen molar-refractivity contribution in [2.24, 2.45) is 5.41 Å². The first kappa shape index (κ1) is 10.3. The van der Waals surface area contributed by atoms with Crippen LogP contribution < -0.4 is 0 Å². The molecule has 3 heteroatoms. The van der Waals surface area contributed by atoms with Crippen molar-refractivity contribution in [3.63, 3.8) is 0 Å². The Hall–Kier alpha value is -0.800. The minimum Gasteiger partial charge on any atom is -0.467 e. The third kappa shape index (κ3) is 1.92. The second-order valence-electron chi connectivity index (χ2n) is 3.58. The van der Waals surface area contributed by atoms with Crippen molar-refractivity contribution in [1.82, 2.24) is 0 Å². The highest BCUT2D eigenvalue weighted by Crippen LogP contribution is 2.36. The molecule has 0 aliphatic heterocycles. The average Bonchev–Trinajstić information content (AvgIpc) is 2.68. The van der Waals surface area contributed by atoms with Gasteiger partial charge in [-0.1, -0.05) is 13.8 Å². The van der Waals surface area contributed by atoms with Gasteiger partial charge >= 0.3 is 0 Å². The van der Waals surface area contributed by atoms with Crippen LogP contribution in [0.1, 0.15) is 32.1 Å². The van der Waals surface area contributed by atoms with Crippen molar-refractivity contribution in [1.29, 1.82) is 0 Å². The summed E-state index contributed by atoms with van der Waals surface area (Å²) in [5.41, 5.74) is -0.516. The highest BCUT2D eigenvalue weighted by atomic mass is 16.4. The second kappa shape index (κ2) is 3.94. The number of aliphatic hydroxyl groups is 2. The van der Waals surface area contributed by atoms with Crippen LogP contribution in [0.3, 0.4) is 0 Å². The maximum Gasteiger partial charge on any atom is 0.132 e. The molecule has 1 heterocycles. The third-order valence-electron chi connectivity index (χ3n) is 2.64. The summed E-state index contributed by atoms with van der Waals surface area (Å²) in [5, 5.41) is 19.0. The SMILES string of the molecule is CCC(C)(CO)C(O)c1ccco1. The van der Waals surface area contributed by atoms with Gasteiger partial charge in [-0.3, -0.25) is 0 Å². The number of hydrogen-bond acceptors (Lipinski definition) is 3. The van der Waals surface area contributed by atoms with E-state index in [9.17, 15) is 5.11 Å². The summed E-state index contributed by atoms with van der Waals surface area (Å²) in [6.07, 6.45) is 1.48. The van der Waals surface area contributed by atoms with E-state index in [1.807, 2.05) is 13.8 Å². The predicted molar refractivity (Wildman–Crippen MR) is 49.2 cm³/mol. The Morgan fingerprint density at radius 1 is 1.62 bits per heavy atom. The monoisotopic (exact) mass is 184 g/mol. The molecule has 0 saturated heterocycles. The molecule has 3 nitrogen and oxygen atoms in total. The molecular weight excluding hydrogens is 168 g/mol. The van der Waals surface area contributed by atoms with E-state index < -0.39 is 11.5 Å². The molecule has 13 heavy (non-hydrogen) atoms. The van der Waals surface area contributed by atoms with E-state index >= 15 is 0 Å². The normalized spacial score (nSPS) is 18.2. The molecule has 0 radical (unpaired) electrons. The van der Waals surface area contributed by atoms with Crippen LogP contribution in [0, 0.1) is 5.41 Å². The van der Waals surface area contributed by atoms with Crippen molar-refractivity contribution in [3.8, 4) is 0 Å². The maximum atomic E-state index is 9.87. The van der Waals surface area contributed by atoms with Gasteiger partial charge in [-0.05, 0) is 18.6 Å². The summed E-state index contributed by atoms with van der Waals surface area (Å²) < 4.78 is 5.08. The van der Waals surface area contributed by atoms with Crippen LogP contribution in [0.25, 0.3) is 0 Å². The zero-order chi connectivity index (χ0) is 9.90.